The van der Waals surface area contributed by atoms with Crippen LogP contribution in [0, 0.1) is 6.92 Å². The SMILES string of the molecule is Cc1cc(C(=O)O)ccc1CN.Cl. The Morgan fingerprint density at radius 3 is 2.54 bits per heavy atom. The maximum absolute atomic E-state index is 10.5. The highest BCUT2D eigenvalue weighted by Crippen LogP contribution is 2.10. The van der Waals surface area contributed by atoms with Gasteiger partial charge in [-0.05, 0) is 30.2 Å². The van der Waals surface area contributed by atoms with E-state index in [9.17, 15) is 4.79 Å². The van der Waals surface area contributed by atoms with Gasteiger partial charge < -0.3 is 10.8 Å². The quantitative estimate of drug-likeness (QED) is 0.764. The van der Waals surface area contributed by atoms with Crippen molar-refractivity contribution in [1.82, 2.24) is 0 Å². The fourth-order valence-electron chi connectivity index (χ4n) is 1.06. The molecule has 1 rings (SSSR count). The molecule has 0 saturated heterocycles. The lowest BCUT2D eigenvalue weighted by molar-refractivity contribution is 0.0697. The number of carboxylic acids is 1. The normalized spacial score (nSPS) is 9.08. The van der Waals surface area contributed by atoms with Crippen LogP contribution in [0.5, 0.6) is 0 Å². The summed E-state index contributed by atoms with van der Waals surface area (Å²) in [6, 6.07) is 4.95. The van der Waals surface area contributed by atoms with Crippen molar-refractivity contribution in [2.75, 3.05) is 0 Å². The van der Waals surface area contributed by atoms with Crippen LogP contribution in [0.2, 0.25) is 0 Å². The van der Waals surface area contributed by atoms with E-state index < -0.39 is 5.97 Å². The highest BCUT2D eigenvalue weighted by atomic mass is 35.5. The minimum Gasteiger partial charge on any atom is -0.478 e. The first-order valence-corrected chi connectivity index (χ1v) is 3.68. The van der Waals surface area contributed by atoms with Crippen LogP contribution < -0.4 is 5.73 Å². The monoisotopic (exact) mass is 201 g/mol. The summed E-state index contributed by atoms with van der Waals surface area (Å²) in [7, 11) is 0. The molecule has 0 radical (unpaired) electrons. The van der Waals surface area contributed by atoms with Gasteiger partial charge in [-0.1, -0.05) is 6.07 Å². The third kappa shape index (κ3) is 2.72. The second-order valence-corrected chi connectivity index (χ2v) is 2.65. The Bertz CT molecular complexity index is 312. The number of nitrogens with two attached hydrogens (primary N) is 1. The van der Waals surface area contributed by atoms with Crippen LogP contribution in [0.4, 0.5) is 0 Å². The van der Waals surface area contributed by atoms with Gasteiger partial charge in [-0.3, -0.25) is 0 Å². The van der Waals surface area contributed by atoms with Gasteiger partial charge in [-0.2, -0.15) is 0 Å². The Morgan fingerprint density at radius 1 is 1.54 bits per heavy atom. The van der Waals surface area contributed by atoms with E-state index in [4.69, 9.17) is 10.8 Å². The predicted octanol–water partition coefficient (Wildman–Crippen LogP) is 1.57. The van der Waals surface area contributed by atoms with E-state index in [0.717, 1.165) is 11.1 Å². The first-order chi connectivity index (χ1) is 5.65. The van der Waals surface area contributed by atoms with Gasteiger partial charge in [0.15, 0.2) is 0 Å². The lowest BCUT2D eigenvalue weighted by atomic mass is 10.1. The molecule has 0 aromatic heterocycles. The van der Waals surface area contributed by atoms with E-state index >= 15 is 0 Å². The van der Waals surface area contributed by atoms with Crippen LogP contribution >= 0.6 is 12.4 Å². The summed E-state index contributed by atoms with van der Waals surface area (Å²) in [6.45, 7) is 2.31. The molecule has 0 aliphatic heterocycles. The van der Waals surface area contributed by atoms with Crippen LogP contribution in [-0.4, -0.2) is 11.1 Å². The average molecular weight is 202 g/mol. The van der Waals surface area contributed by atoms with Crippen LogP contribution in [0.3, 0.4) is 0 Å². The zero-order valence-electron chi connectivity index (χ0n) is 7.28. The minimum absolute atomic E-state index is 0. The molecule has 1 aromatic rings. The van der Waals surface area contributed by atoms with E-state index in [1.165, 1.54) is 0 Å². The van der Waals surface area contributed by atoms with Gasteiger partial charge in [0, 0.05) is 6.54 Å². The highest BCUT2D eigenvalue weighted by Gasteiger charge is 2.03. The third-order valence-electron chi connectivity index (χ3n) is 1.81. The van der Waals surface area contributed by atoms with E-state index in [1.54, 1.807) is 18.2 Å². The summed E-state index contributed by atoms with van der Waals surface area (Å²) in [5.41, 5.74) is 7.65. The average Bonchev–Trinajstić information content (AvgIpc) is 2.04. The zero-order valence-corrected chi connectivity index (χ0v) is 8.10. The molecular formula is C9H12ClNO2. The first-order valence-electron chi connectivity index (χ1n) is 3.68. The van der Waals surface area contributed by atoms with Crippen molar-refractivity contribution in [3.63, 3.8) is 0 Å². The molecule has 3 N–H and O–H groups in total. The fourth-order valence-corrected chi connectivity index (χ4v) is 1.06. The van der Waals surface area contributed by atoms with Crippen molar-refractivity contribution < 1.29 is 9.90 Å². The maximum atomic E-state index is 10.5. The van der Waals surface area contributed by atoms with Gasteiger partial charge in [0.05, 0.1) is 5.56 Å². The molecule has 0 spiro atoms. The molecule has 1 aromatic carbocycles. The van der Waals surface area contributed by atoms with Crippen LogP contribution in [0.15, 0.2) is 18.2 Å². The molecule has 4 heteroatoms. The molecule has 0 saturated carbocycles. The summed E-state index contributed by atoms with van der Waals surface area (Å²) in [6.07, 6.45) is 0. The van der Waals surface area contributed by atoms with Gasteiger partial charge >= 0.3 is 5.97 Å². The summed E-state index contributed by atoms with van der Waals surface area (Å²) in [5.74, 6) is -0.901. The Morgan fingerprint density at radius 2 is 2.15 bits per heavy atom. The molecule has 13 heavy (non-hydrogen) atoms. The number of aromatic carboxylic acids is 1. The zero-order chi connectivity index (χ0) is 9.14. The highest BCUT2D eigenvalue weighted by molar-refractivity contribution is 5.87. The maximum Gasteiger partial charge on any atom is 0.335 e. The third-order valence-corrected chi connectivity index (χ3v) is 1.81. The van der Waals surface area contributed by atoms with E-state index in [-0.39, 0.29) is 12.4 Å². The van der Waals surface area contributed by atoms with Crippen LogP contribution in [-0.2, 0) is 6.54 Å². The first kappa shape index (κ1) is 11.9. The summed E-state index contributed by atoms with van der Waals surface area (Å²) >= 11 is 0. The largest absolute Gasteiger partial charge is 0.478 e. The molecule has 0 atom stereocenters. The van der Waals surface area contributed by atoms with E-state index in [1.807, 2.05) is 6.92 Å². The number of hydrogen-bond donors (Lipinski definition) is 2. The van der Waals surface area contributed by atoms with Crippen molar-refractivity contribution in [2.45, 2.75) is 13.5 Å². The predicted molar refractivity (Wildman–Crippen MR) is 53.3 cm³/mol. The van der Waals surface area contributed by atoms with Crippen molar-refractivity contribution in [3.05, 3.63) is 34.9 Å². The van der Waals surface area contributed by atoms with Crippen molar-refractivity contribution in [3.8, 4) is 0 Å². The van der Waals surface area contributed by atoms with Crippen molar-refractivity contribution in [2.24, 2.45) is 5.73 Å². The minimum atomic E-state index is -0.901. The number of aryl methyl sites for hydroxylation is 1. The Labute approximate surface area is 83.0 Å². The van der Waals surface area contributed by atoms with Crippen LogP contribution in [0.1, 0.15) is 21.5 Å². The number of carbonyl (C=O) groups is 1. The summed E-state index contributed by atoms with van der Waals surface area (Å²) in [5, 5.41) is 8.64. The molecule has 0 fully saturated rings. The van der Waals surface area contributed by atoms with E-state index in [0.29, 0.717) is 12.1 Å². The Kier molecular flexibility index (Phi) is 4.45. The van der Waals surface area contributed by atoms with Gasteiger partial charge in [-0.25, -0.2) is 4.79 Å². The van der Waals surface area contributed by atoms with Crippen molar-refractivity contribution in [1.29, 1.82) is 0 Å². The lowest BCUT2D eigenvalue weighted by Crippen LogP contribution is -2.02. The number of benzene rings is 1. The van der Waals surface area contributed by atoms with Gasteiger partial charge in [-0.15, -0.1) is 12.4 Å². The smallest absolute Gasteiger partial charge is 0.335 e. The number of rotatable bonds is 2. The standard InChI is InChI=1S/C9H11NO2.ClH/c1-6-4-7(9(11)12)2-3-8(6)5-10;/h2-4H,5,10H2,1H3,(H,11,12);1H. The molecule has 0 aliphatic carbocycles. The summed E-state index contributed by atoms with van der Waals surface area (Å²) < 4.78 is 0. The van der Waals surface area contributed by atoms with Crippen molar-refractivity contribution >= 4 is 18.4 Å². The lowest BCUT2D eigenvalue weighted by Gasteiger charge is -2.02. The molecule has 0 amide bonds. The Hall–Kier alpha value is -1.06. The molecule has 72 valence electrons. The van der Waals surface area contributed by atoms with E-state index in [2.05, 4.69) is 0 Å². The molecule has 0 unspecified atom stereocenters. The second kappa shape index (κ2) is 4.84. The molecule has 0 bridgehead atoms. The Balaban J connectivity index is 0.00000144. The summed E-state index contributed by atoms with van der Waals surface area (Å²) in [4.78, 5) is 10.5. The van der Waals surface area contributed by atoms with Crippen LogP contribution in [0.25, 0.3) is 0 Å². The number of carboxylic acid groups (broad SMARTS) is 1. The van der Waals surface area contributed by atoms with Gasteiger partial charge in [0.25, 0.3) is 0 Å². The van der Waals surface area contributed by atoms with Gasteiger partial charge in [0.2, 0.25) is 0 Å². The fraction of sp³-hybridized carbons (Fsp3) is 0.222. The molecule has 0 heterocycles. The molecular weight excluding hydrogens is 190 g/mol. The topological polar surface area (TPSA) is 63.3 Å². The van der Waals surface area contributed by atoms with Gasteiger partial charge in [0.1, 0.15) is 0 Å². The second-order valence-electron chi connectivity index (χ2n) is 2.65. The molecule has 3 nitrogen and oxygen atoms in total. The number of hydrogen-bond acceptors (Lipinski definition) is 2. The molecule has 0 aliphatic rings. The number of halogens is 1.